The molecule has 0 N–H and O–H groups in total. The monoisotopic (exact) mass is 168 g/mol. The van der Waals surface area contributed by atoms with Crippen molar-refractivity contribution in [1.82, 2.24) is 0 Å². The third kappa shape index (κ3) is 1.96. The van der Waals surface area contributed by atoms with Gasteiger partial charge in [0.1, 0.15) is 12.4 Å². The van der Waals surface area contributed by atoms with Gasteiger partial charge in [0.25, 0.3) is 0 Å². The zero-order valence-corrected chi connectivity index (χ0v) is 6.18. The van der Waals surface area contributed by atoms with Crippen molar-refractivity contribution in [1.29, 1.82) is 0 Å². The fraction of sp³-hybridized carbons (Fsp3) is 0.111. The van der Waals surface area contributed by atoms with Crippen LogP contribution in [0.15, 0.2) is 18.2 Å². The van der Waals surface area contributed by atoms with Crippen LogP contribution in [0.1, 0.15) is 0 Å². The van der Waals surface area contributed by atoms with E-state index in [-0.39, 0.29) is 12.4 Å². The Morgan fingerprint density at radius 2 is 2.17 bits per heavy atom. The molecule has 1 nitrogen and oxygen atoms in total. The molecule has 0 amide bonds. The molecule has 0 spiro atoms. The van der Waals surface area contributed by atoms with Gasteiger partial charge in [-0.05, 0) is 12.1 Å². The van der Waals surface area contributed by atoms with Gasteiger partial charge in [0, 0.05) is 6.07 Å². The second-order valence-electron chi connectivity index (χ2n) is 2.07. The molecule has 1 rings (SSSR count). The molecule has 0 aromatic heterocycles. The lowest BCUT2D eigenvalue weighted by Crippen LogP contribution is -1.96. The lowest BCUT2D eigenvalue weighted by Gasteiger charge is -2.02. The SMILES string of the molecule is C#CCOc1ccc(F)cc1F. The minimum absolute atomic E-state index is 0.0252. The van der Waals surface area contributed by atoms with E-state index in [1.54, 1.807) is 0 Å². The van der Waals surface area contributed by atoms with Gasteiger partial charge in [-0.3, -0.25) is 0 Å². The smallest absolute Gasteiger partial charge is 0.168 e. The van der Waals surface area contributed by atoms with E-state index >= 15 is 0 Å². The maximum Gasteiger partial charge on any atom is 0.168 e. The molecule has 1 aromatic rings. The van der Waals surface area contributed by atoms with Crippen molar-refractivity contribution in [3.8, 4) is 18.1 Å². The first-order valence-corrected chi connectivity index (χ1v) is 3.25. The molecule has 0 saturated heterocycles. The van der Waals surface area contributed by atoms with Gasteiger partial charge in [-0.15, -0.1) is 6.42 Å². The lowest BCUT2D eigenvalue weighted by atomic mass is 10.3. The molecule has 0 bridgehead atoms. The van der Waals surface area contributed by atoms with Crippen molar-refractivity contribution in [2.75, 3.05) is 6.61 Å². The van der Waals surface area contributed by atoms with Crippen LogP contribution >= 0.6 is 0 Å². The first-order valence-electron chi connectivity index (χ1n) is 3.25. The summed E-state index contributed by atoms with van der Waals surface area (Å²) in [5, 5.41) is 0. The molecule has 0 unspecified atom stereocenters. The second kappa shape index (κ2) is 3.72. The van der Waals surface area contributed by atoms with Crippen LogP contribution in [0.4, 0.5) is 8.78 Å². The van der Waals surface area contributed by atoms with Crippen LogP contribution in [-0.4, -0.2) is 6.61 Å². The van der Waals surface area contributed by atoms with E-state index in [0.717, 1.165) is 12.1 Å². The molecule has 0 aliphatic carbocycles. The molecule has 0 aliphatic heterocycles. The summed E-state index contributed by atoms with van der Waals surface area (Å²) in [6.45, 7) is -0.0252. The summed E-state index contributed by atoms with van der Waals surface area (Å²) in [4.78, 5) is 0. The van der Waals surface area contributed by atoms with Gasteiger partial charge in [0.15, 0.2) is 11.6 Å². The molecule has 0 aliphatic rings. The van der Waals surface area contributed by atoms with Crippen molar-refractivity contribution in [2.24, 2.45) is 0 Å². The van der Waals surface area contributed by atoms with Gasteiger partial charge in [0.2, 0.25) is 0 Å². The lowest BCUT2D eigenvalue weighted by molar-refractivity contribution is 0.346. The Hall–Kier alpha value is -1.56. The van der Waals surface area contributed by atoms with Gasteiger partial charge in [-0.25, -0.2) is 8.78 Å². The highest BCUT2D eigenvalue weighted by atomic mass is 19.1. The van der Waals surface area contributed by atoms with Crippen molar-refractivity contribution in [3.05, 3.63) is 29.8 Å². The average Bonchev–Trinajstić information content (AvgIpc) is 2.03. The predicted octanol–water partition coefficient (Wildman–Crippen LogP) is 1.98. The molecule has 0 saturated carbocycles. The second-order valence-corrected chi connectivity index (χ2v) is 2.07. The van der Waals surface area contributed by atoms with Crippen LogP contribution < -0.4 is 4.74 Å². The Labute approximate surface area is 69.0 Å². The molecule has 0 heterocycles. The summed E-state index contributed by atoms with van der Waals surface area (Å²) in [5.41, 5.74) is 0. The van der Waals surface area contributed by atoms with Crippen LogP contribution in [0, 0.1) is 24.0 Å². The topological polar surface area (TPSA) is 9.23 Å². The Bertz CT molecular complexity index is 315. The molecular weight excluding hydrogens is 162 g/mol. The molecular formula is C9H6F2O. The number of rotatable bonds is 2. The highest BCUT2D eigenvalue weighted by Crippen LogP contribution is 2.16. The van der Waals surface area contributed by atoms with Gasteiger partial charge < -0.3 is 4.74 Å². The summed E-state index contributed by atoms with van der Waals surface area (Å²) in [6, 6.07) is 3.04. The Balaban J connectivity index is 2.81. The van der Waals surface area contributed by atoms with Crippen LogP contribution in [0.3, 0.4) is 0 Å². The number of terminal acetylenes is 1. The number of benzene rings is 1. The summed E-state index contributed by atoms with van der Waals surface area (Å²) < 4.78 is 29.8. The summed E-state index contributed by atoms with van der Waals surface area (Å²) in [5.74, 6) is 0.759. The maximum atomic E-state index is 12.7. The zero-order valence-electron chi connectivity index (χ0n) is 6.18. The van der Waals surface area contributed by atoms with Crippen LogP contribution in [0.25, 0.3) is 0 Å². The van der Waals surface area contributed by atoms with Crippen LogP contribution in [0.2, 0.25) is 0 Å². The fourth-order valence-corrected chi connectivity index (χ4v) is 0.712. The van der Waals surface area contributed by atoms with Gasteiger partial charge in [-0.1, -0.05) is 5.92 Å². The molecule has 0 radical (unpaired) electrons. The Kier molecular flexibility index (Phi) is 2.65. The molecule has 1 aromatic carbocycles. The van der Waals surface area contributed by atoms with E-state index < -0.39 is 11.6 Å². The molecule has 62 valence electrons. The summed E-state index contributed by atoms with van der Waals surface area (Å²) in [7, 11) is 0. The molecule has 3 heteroatoms. The van der Waals surface area contributed by atoms with E-state index in [4.69, 9.17) is 11.2 Å². The zero-order chi connectivity index (χ0) is 8.97. The van der Waals surface area contributed by atoms with E-state index in [0.29, 0.717) is 0 Å². The van der Waals surface area contributed by atoms with E-state index in [9.17, 15) is 8.78 Å². The fourth-order valence-electron chi connectivity index (χ4n) is 0.712. The summed E-state index contributed by atoms with van der Waals surface area (Å²) >= 11 is 0. The first-order chi connectivity index (χ1) is 5.74. The number of halogens is 2. The quantitative estimate of drug-likeness (QED) is 0.613. The van der Waals surface area contributed by atoms with Crippen LogP contribution in [0.5, 0.6) is 5.75 Å². The molecule has 0 atom stereocenters. The van der Waals surface area contributed by atoms with Crippen molar-refractivity contribution < 1.29 is 13.5 Å². The highest BCUT2D eigenvalue weighted by Gasteiger charge is 2.02. The van der Waals surface area contributed by atoms with Gasteiger partial charge >= 0.3 is 0 Å². The molecule has 12 heavy (non-hydrogen) atoms. The van der Waals surface area contributed by atoms with E-state index in [1.165, 1.54) is 6.07 Å². The third-order valence-electron chi connectivity index (χ3n) is 1.20. The van der Waals surface area contributed by atoms with E-state index in [1.807, 2.05) is 0 Å². The third-order valence-corrected chi connectivity index (χ3v) is 1.20. The Morgan fingerprint density at radius 1 is 1.42 bits per heavy atom. The highest BCUT2D eigenvalue weighted by molar-refractivity contribution is 5.24. The van der Waals surface area contributed by atoms with Crippen molar-refractivity contribution >= 4 is 0 Å². The molecule has 0 fully saturated rings. The van der Waals surface area contributed by atoms with Gasteiger partial charge in [0.05, 0.1) is 0 Å². The predicted molar refractivity (Wildman–Crippen MR) is 40.7 cm³/mol. The Morgan fingerprint density at radius 3 is 2.75 bits per heavy atom. The summed E-state index contributed by atoms with van der Waals surface area (Å²) in [6.07, 6.45) is 4.88. The largest absolute Gasteiger partial charge is 0.478 e. The van der Waals surface area contributed by atoms with E-state index in [2.05, 4.69) is 5.92 Å². The maximum absolute atomic E-state index is 12.7. The number of hydrogen-bond donors (Lipinski definition) is 0. The first kappa shape index (κ1) is 8.54. The van der Waals surface area contributed by atoms with Gasteiger partial charge in [-0.2, -0.15) is 0 Å². The number of hydrogen-bond acceptors (Lipinski definition) is 1. The average molecular weight is 168 g/mol. The number of ether oxygens (including phenoxy) is 1. The normalized spacial score (nSPS) is 9.08. The minimum Gasteiger partial charge on any atom is -0.478 e. The van der Waals surface area contributed by atoms with Crippen LogP contribution in [-0.2, 0) is 0 Å². The minimum atomic E-state index is -0.745. The van der Waals surface area contributed by atoms with Crippen molar-refractivity contribution in [3.63, 3.8) is 0 Å². The van der Waals surface area contributed by atoms with Crippen molar-refractivity contribution in [2.45, 2.75) is 0 Å². The standard InChI is InChI=1S/C9H6F2O/c1-2-5-12-9-4-3-7(10)6-8(9)11/h1,3-4,6H,5H2.